The van der Waals surface area contributed by atoms with Gasteiger partial charge in [0.15, 0.2) is 0 Å². The van der Waals surface area contributed by atoms with Crippen molar-refractivity contribution in [2.75, 3.05) is 31.5 Å². The second kappa shape index (κ2) is 7.20. The van der Waals surface area contributed by atoms with Crippen molar-refractivity contribution in [3.05, 3.63) is 18.3 Å². The first-order valence-electron chi connectivity index (χ1n) is 7.50. The molecule has 1 aliphatic rings. The van der Waals surface area contributed by atoms with Gasteiger partial charge in [-0.05, 0) is 45.0 Å². The molecule has 7 heteroatoms. The highest BCUT2D eigenvalue weighted by atomic mass is 32.2. The van der Waals surface area contributed by atoms with Gasteiger partial charge in [-0.15, -0.1) is 0 Å². The molecule has 1 fully saturated rings. The van der Waals surface area contributed by atoms with Gasteiger partial charge in [0.05, 0.1) is 0 Å². The lowest BCUT2D eigenvalue weighted by Crippen LogP contribution is -2.47. The second-order valence-corrected chi connectivity index (χ2v) is 6.92. The second-order valence-electron chi connectivity index (χ2n) is 5.23. The summed E-state index contributed by atoms with van der Waals surface area (Å²) in [7, 11) is -3.55. The van der Waals surface area contributed by atoms with Gasteiger partial charge in [-0.25, -0.2) is 18.1 Å². The summed E-state index contributed by atoms with van der Waals surface area (Å²) in [6.07, 6.45) is 3.50. The number of hydrogen-bond acceptors (Lipinski definition) is 5. The molecule has 2 rings (SSSR count). The number of hydrogen-bond donors (Lipinski definition) is 2. The third-order valence-corrected chi connectivity index (χ3v) is 5.23. The fourth-order valence-corrected chi connectivity index (χ4v) is 4.02. The van der Waals surface area contributed by atoms with Crippen molar-refractivity contribution >= 4 is 15.8 Å². The van der Waals surface area contributed by atoms with Gasteiger partial charge in [-0.2, -0.15) is 0 Å². The van der Waals surface area contributed by atoms with Crippen LogP contribution in [0.15, 0.2) is 23.2 Å². The van der Waals surface area contributed by atoms with E-state index in [1.807, 2.05) is 6.92 Å². The van der Waals surface area contributed by atoms with Crippen molar-refractivity contribution in [2.24, 2.45) is 0 Å². The van der Waals surface area contributed by atoms with Gasteiger partial charge in [0.25, 0.3) is 0 Å². The van der Waals surface area contributed by atoms with Crippen molar-refractivity contribution in [3.63, 3.8) is 0 Å². The van der Waals surface area contributed by atoms with Crippen LogP contribution in [-0.4, -0.2) is 50.5 Å². The third kappa shape index (κ3) is 4.15. The Morgan fingerprint density at radius 3 is 2.95 bits per heavy atom. The molecule has 2 heterocycles. The number of nitrogens with zero attached hydrogens (tertiary/aromatic N) is 2. The van der Waals surface area contributed by atoms with Crippen LogP contribution in [0.1, 0.15) is 26.7 Å². The summed E-state index contributed by atoms with van der Waals surface area (Å²) in [6.45, 7) is 7.41. The first kappa shape index (κ1) is 16.2. The van der Waals surface area contributed by atoms with E-state index in [4.69, 9.17) is 0 Å². The lowest BCUT2D eigenvalue weighted by Gasteiger charge is -2.32. The summed E-state index contributed by atoms with van der Waals surface area (Å²) in [5.74, 6) is 0.413. The van der Waals surface area contributed by atoms with E-state index >= 15 is 0 Å². The Morgan fingerprint density at radius 2 is 2.24 bits per heavy atom. The zero-order valence-electron chi connectivity index (χ0n) is 12.7. The summed E-state index contributed by atoms with van der Waals surface area (Å²) < 4.78 is 28.0. The number of pyridine rings is 1. The maximum atomic E-state index is 12.6. The predicted molar refractivity (Wildman–Crippen MR) is 83.9 cm³/mol. The van der Waals surface area contributed by atoms with Crippen LogP contribution in [-0.2, 0) is 10.0 Å². The molecule has 6 nitrogen and oxygen atoms in total. The average molecular weight is 312 g/mol. The maximum absolute atomic E-state index is 12.6. The molecule has 0 amide bonds. The quantitative estimate of drug-likeness (QED) is 0.827. The first-order chi connectivity index (χ1) is 10.1. The number of aromatic nitrogens is 1. The molecule has 118 valence electrons. The molecule has 0 spiro atoms. The number of nitrogens with one attached hydrogen (secondary N) is 2. The molecule has 0 radical (unpaired) electrons. The minimum absolute atomic E-state index is 0.0293. The van der Waals surface area contributed by atoms with Gasteiger partial charge >= 0.3 is 0 Å². The van der Waals surface area contributed by atoms with E-state index in [1.165, 1.54) is 0 Å². The van der Waals surface area contributed by atoms with Crippen LogP contribution in [0.2, 0.25) is 0 Å². The SMILES string of the molecule is CCNc1ncccc1S(=O)(=O)NC1CCCN(CC)C1. The van der Waals surface area contributed by atoms with Gasteiger partial charge in [-0.1, -0.05) is 6.92 Å². The lowest BCUT2D eigenvalue weighted by atomic mass is 10.1. The van der Waals surface area contributed by atoms with Crippen LogP contribution >= 0.6 is 0 Å². The zero-order chi connectivity index (χ0) is 15.3. The predicted octanol–water partition coefficient (Wildman–Crippen LogP) is 1.28. The van der Waals surface area contributed by atoms with Crippen LogP contribution in [0.5, 0.6) is 0 Å². The molecule has 0 bridgehead atoms. The van der Waals surface area contributed by atoms with E-state index in [1.54, 1.807) is 18.3 Å². The van der Waals surface area contributed by atoms with Crippen LogP contribution in [0, 0.1) is 0 Å². The highest BCUT2D eigenvalue weighted by molar-refractivity contribution is 7.89. The van der Waals surface area contributed by atoms with E-state index in [-0.39, 0.29) is 10.9 Å². The molecule has 1 saturated heterocycles. The molecular formula is C14H24N4O2S. The number of piperidine rings is 1. The van der Waals surface area contributed by atoms with Crippen molar-refractivity contribution in [1.82, 2.24) is 14.6 Å². The Bertz CT molecular complexity index is 562. The molecule has 1 aromatic rings. The first-order valence-corrected chi connectivity index (χ1v) is 8.98. The molecule has 0 aliphatic carbocycles. The molecule has 2 N–H and O–H groups in total. The largest absolute Gasteiger partial charge is 0.369 e. The summed E-state index contributed by atoms with van der Waals surface area (Å²) in [4.78, 5) is 6.61. The maximum Gasteiger partial charge on any atom is 0.244 e. The van der Waals surface area contributed by atoms with Crippen molar-refractivity contribution in [2.45, 2.75) is 37.6 Å². The Morgan fingerprint density at radius 1 is 1.43 bits per heavy atom. The zero-order valence-corrected chi connectivity index (χ0v) is 13.5. The molecule has 1 atom stereocenters. The molecule has 1 unspecified atom stereocenters. The smallest absolute Gasteiger partial charge is 0.244 e. The van der Waals surface area contributed by atoms with E-state index in [2.05, 4.69) is 26.8 Å². The van der Waals surface area contributed by atoms with E-state index < -0.39 is 10.0 Å². The van der Waals surface area contributed by atoms with Gasteiger partial charge in [-0.3, -0.25) is 0 Å². The van der Waals surface area contributed by atoms with Crippen LogP contribution in [0.25, 0.3) is 0 Å². The Hall–Kier alpha value is -1.18. The summed E-state index contributed by atoms with van der Waals surface area (Å²) in [5, 5.41) is 3.00. The Kier molecular flexibility index (Phi) is 5.55. The minimum atomic E-state index is -3.55. The van der Waals surface area contributed by atoms with Crippen LogP contribution in [0.4, 0.5) is 5.82 Å². The van der Waals surface area contributed by atoms with Gasteiger partial charge in [0.2, 0.25) is 10.0 Å². The summed E-state index contributed by atoms with van der Waals surface area (Å²) >= 11 is 0. The Labute approximate surface area is 127 Å². The molecular weight excluding hydrogens is 288 g/mol. The number of likely N-dealkylation sites (N-methyl/N-ethyl adjacent to an activating group) is 1. The van der Waals surface area contributed by atoms with Crippen molar-refractivity contribution in [3.8, 4) is 0 Å². The number of sulfonamides is 1. The Balaban J connectivity index is 2.15. The topological polar surface area (TPSA) is 74.3 Å². The van der Waals surface area contributed by atoms with Gasteiger partial charge in [0, 0.05) is 25.3 Å². The van der Waals surface area contributed by atoms with Gasteiger partial charge < -0.3 is 10.2 Å². The minimum Gasteiger partial charge on any atom is -0.369 e. The highest BCUT2D eigenvalue weighted by Crippen LogP contribution is 2.19. The van der Waals surface area contributed by atoms with Crippen molar-refractivity contribution < 1.29 is 8.42 Å². The third-order valence-electron chi connectivity index (χ3n) is 3.68. The number of anilines is 1. The normalized spacial score (nSPS) is 20.4. The monoisotopic (exact) mass is 312 g/mol. The lowest BCUT2D eigenvalue weighted by molar-refractivity contribution is 0.211. The molecule has 0 saturated carbocycles. The van der Waals surface area contributed by atoms with E-state index in [9.17, 15) is 8.42 Å². The van der Waals surface area contributed by atoms with E-state index in [0.29, 0.717) is 12.4 Å². The summed E-state index contributed by atoms with van der Waals surface area (Å²) in [5.41, 5.74) is 0. The highest BCUT2D eigenvalue weighted by Gasteiger charge is 2.26. The molecule has 21 heavy (non-hydrogen) atoms. The number of rotatable bonds is 6. The number of likely N-dealkylation sites (tertiary alicyclic amines) is 1. The average Bonchev–Trinajstić information content (AvgIpc) is 2.48. The molecule has 1 aliphatic heterocycles. The fraction of sp³-hybridized carbons (Fsp3) is 0.643. The standard InChI is InChI=1S/C14H24N4O2S/c1-3-15-14-13(8-5-9-16-14)21(19,20)17-12-7-6-10-18(4-2)11-12/h5,8-9,12,17H,3-4,6-7,10-11H2,1-2H3,(H,15,16). The van der Waals surface area contributed by atoms with Crippen LogP contribution < -0.4 is 10.0 Å². The van der Waals surface area contributed by atoms with E-state index in [0.717, 1.165) is 32.5 Å². The summed E-state index contributed by atoms with van der Waals surface area (Å²) in [6, 6.07) is 3.21. The van der Waals surface area contributed by atoms with Crippen LogP contribution in [0.3, 0.4) is 0 Å². The van der Waals surface area contributed by atoms with Gasteiger partial charge in [0.1, 0.15) is 10.7 Å². The fourth-order valence-electron chi connectivity index (χ4n) is 2.63. The molecule has 0 aromatic carbocycles. The molecule has 1 aromatic heterocycles. The van der Waals surface area contributed by atoms with Crippen molar-refractivity contribution in [1.29, 1.82) is 0 Å².